The van der Waals surface area contributed by atoms with Crippen LogP contribution in [0.15, 0.2) is 60.9 Å². The number of hydrogen-bond acceptors (Lipinski definition) is 5. The number of phenols is 1. The van der Waals surface area contributed by atoms with E-state index in [2.05, 4.69) is 46.4 Å². The summed E-state index contributed by atoms with van der Waals surface area (Å²) in [7, 11) is 0. The Morgan fingerprint density at radius 3 is 2.56 bits per heavy atom. The molecule has 0 amide bonds. The van der Waals surface area contributed by atoms with Gasteiger partial charge >= 0.3 is 0 Å². The molecule has 0 spiro atoms. The fourth-order valence-electron chi connectivity index (χ4n) is 3.49. The fraction of sp³-hybridized carbons (Fsp3) is 0.190. The second-order valence-electron chi connectivity index (χ2n) is 6.97. The minimum absolute atomic E-state index is 0.0550. The van der Waals surface area contributed by atoms with Crippen LogP contribution >= 0.6 is 0 Å². The summed E-state index contributed by atoms with van der Waals surface area (Å²) in [6.07, 6.45) is 5.60. The Morgan fingerprint density at radius 2 is 1.81 bits per heavy atom. The molecule has 6 nitrogen and oxygen atoms in total. The molecule has 0 atom stereocenters. The van der Waals surface area contributed by atoms with E-state index in [4.69, 9.17) is 4.74 Å². The Bertz CT molecular complexity index is 1130. The highest BCUT2D eigenvalue weighted by Crippen LogP contribution is 2.52. The number of hydrogen-bond donors (Lipinski definition) is 1. The van der Waals surface area contributed by atoms with E-state index in [1.165, 1.54) is 11.1 Å². The van der Waals surface area contributed by atoms with Gasteiger partial charge in [-0.3, -0.25) is 4.40 Å². The van der Waals surface area contributed by atoms with E-state index in [0.29, 0.717) is 17.3 Å². The van der Waals surface area contributed by atoms with Gasteiger partial charge < -0.3 is 9.84 Å². The number of aromatic hydroxyl groups is 1. The topological polar surface area (TPSA) is 72.5 Å². The second-order valence-corrected chi connectivity index (χ2v) is 6.97. The van der Waals surface area contributed by atoms with Gasteiger partial charge in [0.2, 0.25) is 5.65 Å². The molecule has 1 N–H and O–H groups in total. The largest absolute Gasteiger partial charge is 0.504 e. The Morgan fingerprint density at radius 1 is 1.04 bits per heavy atom. The third kappa shape index (κ3) is 2.52. The molecule has 0 bridgehead atoms. The van der Waals surface area contributed by atoms with Crippen molar-refractivity contribution in [3.63, 3.8) is 0 Å². The lowest BCUT2D eigenvalue weighted by molar-refractivity contribution is 0.404. The summed E-state index contributed by atoms with van der Waals surface area (Å²) in [5.74, 6) is 1.60. The maximum Gasteiger partial charge on any atom is 0.265 e. The Hall–Kier alpha value is -3.41. The molecule has 0 aliphatic heterocycles. The standard InChI is InChI=1S/C21H18N4O2/c1-14-6-8-15(9-7-14)21(10-11-21)20-24-23-18-19(22-12-13-25(18)20)27-17-5-3-2-4-16(17)26/h2-9,12-13,26H,10-11H2,1H3. The smallest absolute Gasteiger partial charge is 0.265 e. The van der Waals surface area contributed by atoms with Crippen molar-refractivity contribution in [1.29, 1.82) is 0 Å². The van der Waals surface area contributed by atoms with Crippen molar-refractivity contribution in [1.82, 2.24) is 19.6 Å². The molecule has 27 heavy (non-hydrogen) atoms. The van der Waals surface area contributed by atoms with Crippen LogP contribution in [-0.4, -0.2) is 24.7 Å². The van der Waals surface area contributed by atoms with Crippen molar-refractivity contribution in [2.75, 3.05) is 0 Å². The first-order valence-electron chi connectivity index (χ1n) is 8.91. The molecule has 4 aromatic rings. The van der Waals surface area contributed by atoms with Crippen LogP contribution in [0.1, 0.15) is 29.8 Å². The van der Waals surface area contributed by atoms with Gasteiger partial charge in [0.15, 0.2) is 11.5 Å². The first kappa shape index (κ1) is 15.8. The van der Waals surface area contributed by atoms with Crippen LogP contribution in [-0.2, 0) is 5.41 Å². The van der Waals surface area contributed by atoms with Crippen LogP contribution in [0.2, 0.25) is 0 Å². The zero-order valence-corrected chi connectivity index (χ0v) is 14.8. The highest BCUT2D eigenvalue weighted by atomic mass is 16.5. The van der Waals surface area contributed by atoms with Gasteiger partial charge in [0.25, 0.3) is 5.88 Å². The van der Waals surface area contributed by atoms with E-state index in [1.807, 2.05) is 10.6 Å². The van der Waals surface area contributed by atoms with Crippen molar-refractivity contribution in [2.45, 2.75) is 25.2 Å². The van der Waals surface area contributed by atoms with Crippen LogP contribution in [0.4, 0.5) is 0 Å². The van der Waals surface area contributed by atoms with Crippen LogP contribution in [0.5, 0.6) is 17.4 Å². The predicted molar refractivity (Wildman–Crippen MR) is 100 cm³/mol. The van der Waals surface area contributed by atoms with Gasteiger partial charge in [0.1, 0.15) is 5.82 Å². The van der Waals surface area contributed by atoms with Crippen LogP contribution < -0.4 is 4.74 Å². The first-order valence-corrected chi connectivity index (χ1v) is 8.91. The van der Waals surface area contributed by atoms with Crippen LogP contribution in [0.3, 0.4) is 0 Å². The van der Waals surface area contributed by atoms with Crippen LogP contribution in [0.25, 0.3) is 5.65 Å². The molecule has 5 rings (SSSR count). The third-order valence-electron chi connectivity index (χ3n) is 5.15. The molecule has 0 unspecified atom stereocenters. The van der Waals surface area contributed by atoms with Gasteiger partial charge in [-0.1, -0.05) is 42.0 Å². The minimum atomic E-state index is -0.110. The molecule has 2 aromatic heterocycles. The molecule has 1 aliphatic carbocycles. The van der Waals surface area contributed by atoms with Crippen LogP contribution in [0, 0.1) is 6.92 Å². The first-order chi connectivity index (χ1) is 13.2. The maximum absolute atomic E-state index is 9.96. The zero-order chi connectivity index (χ0) is 18.4. The van der Waals surface area contributed by atoms with E-state index in [9.17, 15) is 5.11 Å². The van der Waals surface area contributed by atoms with E-state index >= 15 is 0 Å². The van der Waals surface area contributed by atoms with E-state index in [1.54, 1.807) is 30.5 Å². The highest BCUT2D eigenvalue weighted by molar-refractivity contribution is 5.54. The molecule has 1 fully saturated rings. The molecule has 1 aliphatic rings. The summed E-state index contributed by atoms with van der Waals surface area (Å²) >= 11 is 0. The summed E-state index contributed by atoms with van der Waals surface area (Å²) in [5, 5.41) is 18.8. The number of aryl methyl sites for hydroxylation is 1. The van der Waals surface area contributed by atoms with Gasteiger partial charge in [-0.25, -0.2) is 4.98 Å². The Kier molecular flexibility index (Phi) is 3.40. The Balaban J connectivity index is 1.58. The number of benzene rings is 2. The average Bonchev–Trinajstić information content (AvgIpc) is 3.36. The van der Waals surface area contributed by atoms with Gasteiger partial charge in [-0.2, -0.15) is 0 Å². The Labute approximate surface area is 156 Å². The monoisotopic (exact) mass is 358 g/mol. The normalized spacial score (nSPS) is 15.0. The number of nitrogens with zero attached hydrogens (tertiary/aromatic N) is 4. The number of para-hydroxylation sites is 2. The van der Waals surface area contributed by atoms with Crippen molar-refractivity contribution in [2.24, 2.45) is 0 Å². The molecule has 134 valence electrons. The second kappa shape index (κ2) is 5.81. The van der Waals surface area contributed by atoms with Gasteiger partial charge in [0.05, 0.1) is 5.41 Å². The highest BCUT2D eigenvalue weighted by Gasteiger charge is 2.49. The lowest BCUT2D eigenvalue weighted by Crippen LogP contribution is -2.13. The summed E-state index contributed by atoms with van der Waals surface area (Å²) in [4.78, 5) is 4.29. The van der Waals surface area contributed by atoms with Gasteiger partial charge in [-0.15, -0.1) is 10.2 Å². The number of rotatable bonds is 4. The van der Waals surface area contributed by atoms with Crippen molar-refractivity contribution >= 4 is 5.65 Å². The maximum atomic E-state index is 9.96. The molecule has 2 aromatic carbocycles. The van der Waals surface area contributed by atoms with E-state index in [0.717, 1.165) is 18.7 Å². The van der Waals surface area contributed by atoms with E-state index < -0.39 is 0 Å². The minimum Gasteiger partial charge on any atom is -0.504 e. The number of fused-ring (bicyclic) bond motifs is 1. The molecule has 2 heterocycles. The van der Waals surface area contributed by atoms with Crippen molar-refractivity contribution < 1.29 is 9.84 Å². The summed E-state index contributed by atoms with van der Waals surface area (Å²) < 4.78 is 7.75. The van der Waals surface area contributed by atoms with E-state index in [-0.39, 0.29) is 11.2 Å². The quantitative estimate of drug-likeness (QED) is 0.597. The predicted octanol–water partition coefficient (Wildman–Crippen LogP) is 4.01. The molecular formula is C21H18N4O2. The summed E-state index contributed by atoms with van der Waals surface area (Å²) in [6, 6.07) is 15.4. The summed E-state index contributed by atoms with van der Waals surface area (Å²) in [6.45, 7) is 2.09. The molecular weight excluding hydrogens is 340 g/mol. The molecule has 0 saturated heterocycles. The SMILES string of the molecule is Cc1ccc(C2(c3nnc4c(Oc5ccccc5O)nccn34)CC2)cc1. The zero-order valence-electron chi connectivity index (χ0n) is 14.8. The fourth-order valence-corrected chi connectivity index (χ4v) is 3.49. The van der Waals surface area contributed by atoms with Gasteiger partial charge in [-0.05, 0) is 37.5 Å². The number of aromatic nitrogens is 4. The number of phenolic OH excluding ortho intramolecular Hbond substituents is 1. The lowest BCUT2D eigenvalue weighted by Gasteiger charge is -2.14. The molecule has 0 radical (unpaired) electrons. The molecule has 1 saturated carbocycles. The third-order valence-corrected chi connectivity index (χ3v) is 5.15. The van der Waals surface area contributed by atoms with Crippen molar-refractivity contribution in [3.8, 4) is 17.4 Å². The average molecular weight is 358 g/mol. The van der Waals surface area contributed by atoms with Gasteiger partial charge in [0, 0.05) is 12.4 Å². The molecule has 6 heteroatoms. The number of ether oxygens (including phenoxy) is 1. The lowest BCUT2D eigenvalue weighted by atomic mass is 9.94. The van der Waals surface area contributed by atoms with Crippen molar-refractivity contribution in [3.05, 3.63) is 77.9 Å². The summed E-state index contributed by atoms with van der Waals surface area (Å²) in [5.41, 5.74) is 2.92.